The molecule has 0 radical (unpaired) electrons. The number of nitrogens with one attached hydrogen (secondary N) is 2. The van der Waals surface area contributed by atoms with Crippen LogP contribution in [-0.4, -0.2) is 27.0 Å². The van der Waals surface area contributed by atoms with Gasteiger partial charge in [-0.05, 0) is 68.7 Å². The van der Waals surface area contributed by atoms with E-state index < -0.39 is 10.0 Å². The number of aryl methyl sites for hydroxylation is 2. The maximum Gasteiger partial charge on any atom is 0.261 e. The lowest BCUT2D eigenvalue weighted by Crippen LogP contribution is -2.35. The summed E-state index contributed by atoms with van der Waals surface area (Å²) in [6.07, 6.45) is 1.90. The zero-order chi connectivity index (χ0) is 20.7. The van der Waals surface area contributed by atoms with Crippen LogP contribution in [0.15, 0.2) is 47.4 Å². The molecular formula is C21H28N2O4S. The minimum Gasteiger partial charge on any atom is -0.484 e. The molecule has 0 heterocycles. The molecule has 28 heavy (non-hydrogen) atoms. The monoisotopic (exact) mass is 404 g/mol. The molecule has 0 unspecified atom stereocenters. The molecule has 7 heteroatoms. The second-order valence-electron chi connectivity index (χ2n) is 6.94. The van der Waals surface area contributed by atoms with Gasteiger partial charge in [-0.2, -0.15) is 0 Å². The van der Waals surface area contributed by atoms with Crippen molar-refractivity contribution in [1.82, 2.24) is 5.32 Å². The van der Waals surface area contributed by atoms with Crippen LogP contribution in [0, 0.1) is 13.8 Å². The zero-order valence-corrected chi connectivity index (χ0v) is 17.6. The third-order valence-electron chi connectivity index (χ3n) is 4.27. The molecule has 0 bridgehead atoms. The first kappa shape index (κ1) is 21.8. The third-order valence-corrected chi connectivity index (χ3v) is 5.65. The summed E-state index contributed by atoms with van der Waals surface area (Å²) in [4.78, 5) is 12.0. The maximum atomic E-state index is 12.6. The highest BCUT2D eigenvalue weighted by Crippen LogP contribution is 2.22. The van der Waals surface area contributed by atoms with Crippen LogP contribution in [0.4, 0.5) is 5.69 Å². The standard InChI is InChI=1S/C21H28N2O4S/c1-5-6-17(4)22-21(24)14-27-18-9-11-19(12-10-18)28(25,26)23-20-13-15(2)7-8-16(20)3/h7-13,17,23H,5-6,14H2,1-4H3,(H,22,24)/t17-/m0/s1. The average molecular weight is 405 g/mol. The Morgan fingerprint density at radius 3 is 2.43 bits per heavy atom. The van der Waals surface area contributed by atoms with Gasteiger partial charge in [-0.3, -0.25) is 9.52 Å². The Labute approximate surface area is 167 Å². The summed E-state index contributed by atoms with van der Waals surface area (Å²) in [5.74, 6) is 0.234. The quantitative estimate of drug-likeness (QED) is 0.666. The van der Waals surface area contributed by atoms with Gasteiger partial charge in [-0.25, -0.2) is 8.42 Å². The van der Waals surface area contributed by atoms with Crippen LogP contribution in [0.3, 0.4) is 0 Å². The summed E-state index contributed by atoms with van der Waals surface area (Å²) in [7, 11) is -3.71. The predicted octanol–water partition coefficient (Wildman–Crippen LogP) is 3.79. The molecule has 1 amide bonds. The van der Waals surface area contributed by atoms with Crippen LogP contribution in [0.5, 0.6) is 5.75 Å². The zero-order valence-electron chi connectivity index (χ0n) is 16.8. The summed E-state index contributed by atoms with van der Waals surface area (Å²) < 4.78 is 33.3. The Morgan fingerprint density at radius 2 is 1.79 bits per heavy atom. The van der Waals surface area contributed by atoms with E-state index in [0.717, 1.165) is 24.0 Å². The second kappa shape index (κ2) is 9.59. The van der Waals surface area contributed by atoms with Gasteiger partial charge in [-0.1, -0.05) is 25.5 Å². The Bertz CT molecular complexity index is 909. The number of carbonyl (C=O) groups excluding carboxylic acids is 1. The Hall–Kier alpha value is -2.54. The van der Waals surface area contributed by atoms with E-state index in [9.17, 15) is 13.2 Å². The number of rotatable bonds is 9. The Kier molecular flexibility index (Phi) is 7.45. The highest BCUT2D eigenvalue weighted by molar-refractivity contribution is 7.92. The normalized spacial score (nSPS) is 12.3. The molecule has 2 N–H and O–H groups in total. The lowest BCUT2D eigenvalue weighted by Gasteiger charge is -2.14. The van der Waals surface area contributed by atoms with Crippen molar-refractivity contribution in [3.8, 4) is 5.75 Å². The SMILES string of the molecule is CCC[C@H](C)NC(=O)COc1ccc(S(=O)(=O)Nc2cc(C)ccc2C)cc1. The van der Waals surface area contributed by atoms with Gasteiger partial charge < -0.3 is 10.1 Å². The van der Waals surface area contributed by atoms with Gasteiger partial charge in [0.05, 0.1) is 10.6 Å². The molecule has 0 aromatic heterocycles. The molecule has 0 saturated heterocycles. The number of anilines is 1. The summed E-state index contributed by atoms with van der Waals surface area (Å²) in [5.41, 5.74) is 2.37. The molecule has 2 rings (SSSR count). The minimum atomic E-state index is -3.71. The largest absolute Gasteiger partial charge is 0.484 e. The van der Waals surface area contributed by atoms with Crippen molar-refractivity contribution in [2.45, 2.75) is 51.5 Å². The number of carbonyl (C=O) groups is 1. The van der Waals surface area contributed by atoms with Crippen LogP contribution in [0.2, 0.25) is 0 Å². The van der Waals surface area contributed by atoms with Crippen molar-refractivity contribution >= 4 is 21.6 Å². The number of ether oxygens (including phenoxy) is 1. The van der Waals surface area contributed by atoms with E-state index in [4.69, 9.17) is 4.74 Å². The van der Waals surface area contributed by atoms with Crippen molar-refractivity contribution in [2.24, 2.45) is 0 Å². The fourth-order valence-corrected chi connectivity index (χ4v) is 3.86. The number of hydrogen-bond donors (Lipinski definition) is 2. The highest BCUT2D eigenvalue weighted by atomic mass is 32.2. The topological polar surface area (TPSA) is 84.5 Å². The van der Waals surface area contributed by atoms with E-state index in [0.29, 0.717) is 11.4 Å². The van der Waals surface area contributed by atoms with E-state index in [1.54, 1.807) is 18.2 Å². The second-order valence-corrected chi connectivity index (χ2v) is 8.62. The molecule has 0 aliphatic rings. The highest BCUT2D eigenvalue weighted by Gasteiger charge is 2.16. The van der Waals surface area contributed by atoms with Gasteiger partial charge in [0.15, 0.2) is 6.61 Å². The molecule has 0 aliphatic heterocycles. The van der Waals surface area contributed by atoms with Gasteiger partial charge in [0.2, 0.25) is 0 Å². The summed E-state index contributed by atoms with van der Waals surface area (Å²) in [5, 5.41) is 2.85. The number of benzene rings is 2. The molecule has 6 nitrogen and oxygen atoms in total. The summed E-state index contributed by atoms with van der Waals surface area (Å²) in [6, 6.07) is 11.7. The fourth-order valence-electron chi connectivity index (χ4n) is 2.74. The van der Waals surface area contributed by atoms with Crippen molar-refractivity contribution in [3.05, 3.63) is 53.6 Å². The lowest BCUT2D eigenvalue weighted by molar-refractivity contribution is -0.123. The van der Waals surface area contributed by atoms with Gasteiger partial charge in [0.25, 0.3) is 15.9 Å². The van der Waals surface area contributed by atoms with E-state index in [-0.39, 0.29) is 23.5 Å². The molecule has 2 aromatic rings. The molecule has 2 aromatic carbocycles. The van der Waals surface area contributed by atoms with Crippen molar-refractivity contribution < 1.29 is 17.9 Å². The van der Waals surface area contributed by atoms with Gasteiger partial charge >= 0.3 is 0 Å². The summed E-state index contributed by atoms with van der Waals surface area (Å²) >= 11 is 0. The van der Waals surface area contributed by atoms with Crippen LogP contribution in [0.25, 0.3) is 0 Å². The van der Waals surface area contributed by atoms with Crippen LogP contribution in [0.1, 0.15) is 37.8 Å². The van der Waals surface area contributed by atoms with E-state index in [1.165, 1.54) is 12.1 Å². The molecule has 1 atom stereocenters. The molecule has 0 spiro atoms. The Balaban J connectivity index is 1.99. The predicted molar refractivity (Wildman–Crippen MR) is 111 cm³/mol. The van der Waals surface area contributed by atoms with Crippen molar-refractivity contribution in [1.29, 1.82) is 0 Å². The first-order chi connectivity index (χ1) is 13.2. The molecule has 0 saturated carbocycles. The lowest BCUT2D eigenvalue weighted by atomic mass is 10.1. The first-order valence-corrected chi connectivity index (χ1v) is 10.8. The number of sulfonamides is 1. The fraction of sp³-hybridized carbons (Fsp3) is 0.381. The summed E-state index contributed by atoms with van der Waals surface area (Å²) in [6.45, 7) is 7.65. The van der Waals surface area contributed by atoms with Crippen LogP contribution in [-0.2, 0) is 14.8 Å². The minimum absolute atomic E-state index is 0.102. The van der Waals surface area contributed by atoms with Crippen molar-refractivity contribution in [2.75, 3.05) is 11.3 Å². The van der Waals surface area contributed by atoms with Crippen LogP contribution < -0.4 is 14.8 Å². The third kappa shape index (κ3) is 6.27. The first-order valence-electron chi connectivity index (χ1n) is 9.33. The number of hydrogen-bond acceptors (Lipinski definition) is 4. The maximum absolute atomic E-state index is 12.6. The van der Waals surface area contributed by atoms with Gasteiger partial charge in [-0.15, -0.1) is 0 Å². The van der Waals surface area contributed by atoms with Crippen molar-refractivity contribution in [3.63, 3.8) is 0 Å². The molecule has 152 valence electrons. The Morgan fingerprint density at radius 1 is 1.11 bits per heavy atom. The van der Waals surface area contributed by atoms with E-state index in [2.05, 4.69) is 17.0 Å². The average Bonchev–Trinajstić information content (AvgIpc) is 2.63. The van der Waals surface area contributed by atoms with Crippen LogP contribution >= 0.6 is 0 Å². The van der Waals surface area contributed by atoms with Gasteiger partial charge in [0.1, 0.15) is 5.75 Å². The van der Waals surface area contributed by atoms with Gasteiger partial charge in [0, 0.05) is 6.04 Å². The molecule has 0 aliphatic carbocycles. The number of amides is 1. The smallest absolute Gasteiger partial charge is 0.261 e. The molecule has 0 fully saturated rings. The van der Waals surface area contributed by atoms with E-state index in [1.807, 2.05) is 32.9 Å². The molecular weight excluding hydrogens is 376 g/mol. The van der Waals surface area contributed by atoms with E-state index >= 15 is 0 Å².